The molecule has 12 heavy (non-hydrogen) atoms. The highest BCUT2D eigenvalue weighted by molar-refractivity contribution is 7.91. The van der Waals surface area contributed by atoms with E-state index in [-0.39, 0.29) is 10.9 Å². The van der Waals surface area contributed by atoms with Crippen molar-refractivity contribution in [3.8, 4) is 0 Å². The topological polar surface area (TPSA) is 47.0 Å². The van der Waals surface area contributed by atoms with Crippen LogP contribution in [0.5, 0.6) is 0 Å². The Morgan fingerprint density at radius 1 is 1.50 bits per heavy atom. The van der Waals surface area contributed by atoms with Gasteiger partial charge in [0.25, 0.3) is 0 Å². The first kappa shape index (κ1) is 8.01. The molecule has 0 bridgehead atoms. The number of nitrogens with zero attached hydrogens (tertiary/aromatic N) is 1. The molecule has 1 aliphatic rings. The highest BCUT2D eigenvalue weighted by Crippen LogP contribution is 2.26. The van der Waals surface area contributed by atoms with Crippen LogP contribution >= 0.6 is 11.6 Å². The average molecular weight is 204 g/mol. The van der Waals surface area contributed by atoms with Gasteiger partial charge in [0, 0.05) is 6.20 Å². The molecule has 0 spiro atoms. The van der Waals surface area contributed by atoms with Crippen molar-refractivity contribution in [2.24, 2.45) is 0 Å². The van der Waals surface area contributed by atoms with Gasteiger partial charge in [0.1, 0.15) is 5.15 Å². The van der Waals surface area contributed by atoms with Gasteiger partial charge in [-0.05, 0) is 18.1 Å². The fourth-order valence-corrected chi connectivity index (χ4v) is 3.05. The monoisotopic (exact) mass is 203 g/mol. The van der Waals surface area contributed by atoms with Crippen molar-refractivity contribution in [1.29, 1.82) is 0 Å². The zero-order chi connectivity index (χ0) is 8.77. The molecule has 2 heterocycles. The predicted octanol–water partition coefficient (Wildman–Crippen LogP) is 1.06. The standard InChI is InChI=1S/C7H6ClNO2S/c8-7-3-6-5(4-9-7)1-2-12(6,10)11/h3-4H,1-2H2. The lowest BCUT2D eigenvalue weighted by atomic mass is 10.2. The molecular weight excluding hydrogens is 198 g/mol. The normalized spacial score (nSPS) is 19.1. The molecule has 1 aromatic heterocycles. The second-order valence-corrected chi connectivity index (χ2v) is 5.15. The van der Waals surface area contributed by atoms with Gasteiger partial charge in [0.2, 0.25) is 0 Å². The number of hydrogen-bond donors (Lipinski definition) is 0. The molecule has 5 heteroatoms. The quantitative estimate of drug-likeness (QED) is 0.593. The van der Waals surface area contributed by atoms with Crippen LogP contribution in [0.15, 0.2) is 17.2 Å². The van der Waals surface area contributed by atoms with E-state index in [0.29, 0.717) is 11.3 Å². The van der Waals surface area contributed by atoms with Crippen LogP contribution in [0.1, 0.15) is 5.56 Å². The van der Waals surface area contributed by atoms with Crippen molar-refractivity contribution >= 4 is 21.4 Å². The summed E-state index contributed by atoms with van der Waals surface area (Å²) in [4.78, 5) is 4.17. The van der Waals surface area contributed by atoms with Crippen molar-refractivity contribution in [3.05, 3.63) is 23.0 Å². The lowest BCUT2D eigenvalue weighted by molar-refractivity contribution is 0.600. The van der Waals surface area contributed by atoms with Gasteiger partial charge >= 0.3 is 0 Å². The molecule has 0 saturated heterocycles. The van der Waals surface area contributed by atoms with E-state index < -0.39 is 9.84 Å². The van der Waals surface area contributed by atoms with Crippen LogP contribution in [0, 0.1) is 0 Å². The molecule has 0 saturated carbocycles. The predicted molar refractivity (Wildman–Crippen MR) is 45.0 cm³/mol. The minimum atomic E-state index is -3.05. The first-order chi connectivity index (χ1) is 5.59. The van der Waals surface area contributed by atoms with E-state index in [1.54, 1.807) is 0 Å². The second-order valence-electron chi connectivity index (χ2n) is 2.68. The van der Waals surface area contributed by atoms with Crippen molar-refractivity contribution in [2.75, 3.05) is 5.75 Å². The van der Waals surface area contributed by atoms with E-state index in [1.165, 1.54) is 12.3 Å². The van der Waals surface area contributed by atoms with Crippen molar-refractivity contribution in [2.45, 2.75) is 11.3 Å². The lowest BCUT2D eigenvalue weighted by Crippen LogP contribution is -1.98. The molecule has 0 atom stereocenters. The number of aryl methyl sites for hydroxylation is 1. The number of aromatic nitrogens is 1. The summed E-state index contributed by atoms with van der Waals surface area (Å²) in [5, 5.41) is 0.235. The molecule has 2 rings (SSSR count). The first-order valence-corrected chi connectivity index (χ1v) is 5.50. The van der Waals surface area contributed by atoms with Crippen LogP contribution in [0.4, 0.5) is 0 Å². The fourth-order valence-electron chi connectivity index (χ4n) is 1.27. The molecule has 0 fully saturated rings. The molecule has 64 valence electrons. The third kappa shape index (κ3) is 1.11. The highest BCUT2D eigenvalue weighted by Gasteiger charge is 2.26. The molecule has 0 aliphatic carbocycles. The van der Waals surface area contributed by atoms with Crippen molar-refractivity contribution < 1.29 is 8.42 Å². The average Bonchev–Trinajstić information content (AvgIpc) is 2.28. The Morgan fingerprint density at radius 3 is 3.00 bits per heavy atom. The molecular formula is C7H6ClNO2S. The van der Waals surface area contributed by atoms with E-state index >= 15 is 0 Å². The minimum Gasteiger partial charge on any atom is -0.244 e. The Kier molecular flexibility index (Phi) is 1.63. The van der Waals surface area contributed by atoms with Crippen molar-refractivity contribution in [3.63, 3.8) is 0 Å². The zero-order valence-corrected chi connectivity index (χ0v) is 7.69. The molecule has 1 aliphatic heterocycles. The van der Waals surface area contributed by atoms with Crippen molar-refractivity contribution in [1.82, 2.24) is 4.98 Å². The highest BCUT2D eigenvalue weighted by atomic mass is 35.5. The molecule has 1 aromatic rings. The lowest BCUT2D eigenvalue weighted by Gasteiger charge is -1.96. The van der Waals surface area contributed by atoms with Gasteiger partial charge in [-0.2, -0.15) is 0 Å². The van der Waals surface area contributed by atoms with Crippen LogP contribution in [0.3, 0.4) is 0 Å². The first-order valence-electron chi connectivity index (χ1n) is 3.47. The summed E-state index contributed by atoms with van der Waals surface area (Å²) in [7, 11) is -3.05. The molecule has 3 nitrogen and oxygen atoms in total. The SMILES string of the molecule is O=S1(=O)CCc2cnc(Cl)cc21. The number of pyridine rings is 1. The number of sulfone groups is 1. The fraction of sp³-hybridized carbons (Fsp3) is 0.286. The maximum Gasteiger partial charge on any atom is 0.179 e. The number of rotatable bonds is 0. The van der Waals surface area contributed by atoms with Crippen LogP contribution < -0.4 is 0 Å². The number of halogens is 1. The van der Waals surface area contributed by atoms with Crippen LogP contribution in [0.2, 0.25) is 5.15 Å². The largest absolute Gasteiger partial charge is 0.244 e. The van der Waals surface area contributed by atoms with Gasteiger partial charge in [-0.3, -0.25) is 0 Å². The summed E-state index contributed by atoms with van der Waals surface area (Å²) < 4.78 is 22.6. The van der Waals surface area contributed by atoms with E-state index in [0.717, 1.165) is 5.56 Å². The molecule has 0 unspecified atom stereocenters. The third-order valence-corrected chi connectivity index (χ3v) is 3.88. The summed E-state index contributed by atoms with van der Waals surface area (Å²) in [6.45, 7) is 0. The Labute approximate surface area is 75.3 Å². The summed E-state index contributed by atoms with van der Waals surface area (Å²) in [6, 6.07) is 1.42. The minimum absolute atomic E-state index is 0.185. The van der Waals surface area contributed by atoms with Crippen LogP contribution in [-0.2, 0) is 16.3 Å². The number of hydrogen-bond acceptors (Lipinski definition) is 3. The van der Waals surface area contributed by atoms with Gasteiger partial charge in [0.15, 0.2) is 9.84 Å². The Bertz CT molecular complexity index is 427. The van der Waals surface area contributed by atoms with E-state index in [9.17, 15) is 8.42 Å². The summed E-state index contributed by atoms with van der Waals surface area (Å²) in [6.07, 6.45) is 2.09. The van der Waals surface area contributed by atoms with E-state index in [4.69, 9.17) is 11.6 Å². The van der Waals surface area contributed by atoms with E-state index in [1.807, 2.05) is 0 Å². The summed E-state index contributed by atoms with van der Waals surface area (Å²) in [5.41, 5.74) is 0.777. The smallest absolute Gasteiger partial charge is 0.179 e. The molecule has 0 aromatic carbocycles. The second kappa shape index (κ2) is 2.44. The van der Waals surface area contributed by atoms with Gasteiger partial charge in [-0.1, -0.05) is 11.6 Å². The Balaban J connectivity index is 2.73. The Hall–Kier alpha value is -0.610. The van der Waals surface area contributed by atoms with Gasteiger partial charge in [-0.25, -0.2) is 13.4 Å². The maximum absolute atomic E-state index is 11.3. The molecule has 0 amide bonds. The van der Waals surface area contributed by atoms with Crippen LogP contribution in [0.25, 0.3) is 0 Å². The zero-order valence-electron chi connectivity index (χ0n) is 6.12. The maximum atomic E-state index is 11.3. The Morgan fingerprint density at radius 2 is 2.25 bits per heavy atom. The van der Waals surface area contributed by atoms with Gasteiger partial charge in [0.05, 0.1) is 10.6 Å². The summed E-state index contributed by atoms with van der Waals surface area (Å²) in [5.74, 6) is 0.185. The van der Waals surface area contributed by atoms with Gasteiger partial charge < -0.3 is 0 Å². The molecule has 0 N–H and O–H groups in total. The molecule has 0 radical (unpaired) electrons. The van der Waals surface area contributed by atoms with Gasteiger partial charge in [-0.15, -0.1) is 0 Å². The summed E-state index contributed by atoms with van der Waals surface area (Å²) >= 11 is 5.58. The third-order valence-electron chi connectivity index (χ3n) is 1.89. The number of fused-ring (bicyclic) bond motifs is 1. The van der Waals surface area contributed by atoms with Crippen LogP contribution in [-0.4, -0.2) is 19.2 Å². The van der Waals surface area contributed by atoms with E-state index in [2.05, 4.69) is 4.98 Å².